The molecule has 0 aliphatic carbocycles. The summed E-state index contributed by atoms with van der Waals surface area (Å²) in [7, 11) is -1.50. The highest BCUT2D eigenvalue weighted by Gasteiger charge is 2.22. The van der Waals surface area contributed by atoms with Crippen LogP contribution in [0.25, 0.3) is 0 Å². The predicted molar refractivity (Wildman–Crippen MR) is 81.9 cm³/mol. The Hall–Kier alpha value is -1.87. The van der Waals surface area contributed by atoms with Gasteiger partial charge in [0, 0.05) is 24.8 Å². The van der Waals surface area contributed by atoms with Crippen molar-refractivity contribution in [3.05, 3.63) is 55.8 Å². The van der Waals surface area contributed by atoms with Crippen LogP contribution in [0.4, 0.5) is 5.69 Å². The second-order valence-corrected chi connectivity index (χ2v) is 6.84. The molecule has 1 heterocycles. The fraction of sp³-hybridized carbons (Fsp3) is 0.167. The molecule has 0 spiro atoms. The summed E-state index contributed by atoms with van der Waals surface area (Å²) < 4.78 is 29.3. The number of anilines is 1. The zero-order valence-corrected chi connectivity index (χ0v) is 13.6. The molecule has 2 aromatic rings. The molecule has 7 nitrogen and oxygen atoms in total. The second-order valence-electron chi connectivity index (χ2n) is 4.34. The topological polar surface area (TPSA) is 90.2 Å². The second kappa shape index (κ2) is 5.49. The molecule has 9 heteroatoms. The first-order valence-electron chi connectivity index (χ1n) is 5.78. The number of hydrogen-bond donors (Lipinski definition) is 1. The summed E-state index contributed by atoms with van der Waals surface area (Å²) >= 11 is 3.22. The molecule has 112 valence electrons. The van der Waals surface area contributed by atoms with Gasteiger partial charge in [0.25, 0.3) is 15.6 Å². The lowest BCUT2D eigenvalue weighted by molar-refractivity contribution is 0.589. The van der Waals surface area contributed by atoms with Crippen LogP contribution in [0.1, 0.15) is 0 Å². The van der Waals surface area contributed by atoms with Crippen LogP contribution in [0.5, 0.6) is 0 Å². The van der Waals surface area contributed by atoms with E-state index in [-0.39, 0.29) is 0 Å². The lowest BCUT2D eigenvalue weighted by Gasteiger charge is -2.11. The summed E-state index contributed by atoms with van der Waals surface area (Å²) in [6.45, 7) is 0. The van der Waals surface area contributed by atoms with Gasteiger partial charge in [0.1, 0.15) is 0 Å². The first kappa shape index (κ1) is 15.5. The zero-order chi connectivity index (χ0) is 15.8. The monoisotopic (exact) mass is 373 g/mol. The fourth-order valence-electron chi connectivity index (χ4n) is 1.70. The van der Waals surface area contributed by atoms with E-state index in [1.54, 1.807) is 24.3 Å². The quantitative estimate of drug-likeness (QED) is 0.854. The number of nitrogens with one attached hydrogen (secondary N) is 1. The van der Waals surface area contributed by atoms with Crippen molar-refractivity contribution in [1.29, 1.82) is 0 Å². The number of aryl methyl sites for hydroxylation is 1. The Morgan fingerprint density at radius 2 is 1.76 bits per heavy atom. The Bertz CT molecular complexity index is 915. The average Bonchev–Trinajstić information content (AvgIpc) is 2.42. The highest BCUT2D eigenvalue weighted by molar-refractivity contribution is 9.10. The van der Waals surface area contributed by atoms with Crippen LogP contribution in [0.3, 0.4) is 0 Å². The van der Waals surface area contributed by atoms with Gasteiger partial charge in [-0.2, -0.15) is 0 Å². The van der Waals surface area contributed by atoms with Crippen LogP contribution >= 0.6 is 15.9 Å². The average molecular weight is 374 g/mol. The number of halogens is 1. The zero-order valence-electron chi connectivity index (χ0n) is 11.2. The Balaban J connectivity index is 2.59. The molecule has 1 aromatic heterocycles. The summed E-state index contributed by atoms with van der Waals surface area (Å²) in [5.74, 6) is 0. The summed E-state index contributed by atoms with van der Waals surface area (Å²) in [5.41, 5.74) is -1.18. The Labute approximate surface area is 129 Å². The van der Waals surface area contributed by atoms with Crippen molar-refractivity contribution in [2.24, 2.45) is 14.1 Å². The number of benzene rings is 1. The molecule has 21 heavy (non-hydrogen) atoms. The SMILES string of the molecule is Cn1cc(S(=O)(=O)Nc2ccccc2Br)c(=O)n(C)c1=O. The molecular formula is C12H12BrN3O4S. The predicted octanol–water partition coefficient (Wildman–Crippen LogP) is 0.647. The molecule has 0 aliphatic rings. The lowest BCUT2D eigenvalue weighted by Crippen LogP contribution is -2.40. The highest BCUT2D eigenvalue weighted by atomic mass is 79.9. The molecular weight excluding hydrogens is 362 g/mol. The highest BCUT2D eigenvalue weighted by Crippen LogP contribution is 2.23. The van der Waals surface area contributed by atoms with Gasteiger partial charge in [-0.25, -0.2) is 13.2 Å². The minimum absolute atomic E-state index is 0.299. The van der Waals surface area contributed by atoms with Crippen molar-refractivity contribution in [2.75, 3.05) is 4.72 Å². The van der Waals surface area contributed by atoms with E-state index in [1.165, 1.54) is 14.1 Å². The first-order valence-corrected chi connectivity index (χ1v) is 8.05. The molecule has 0 bridgehead atoms. The van der Waals surface area contributed by atoms with E-state index in [9.17, 15) is 18.0 Å². The van der Waals surface area contributed by atoms with Gasteiger partial charge in [0.2, 0.25) is 0 Å². The molecule has 0 saturated heterocycles. The lowest BCUT2D eigenvalue weighted by atomic mass is 10.3. The number of sulfonamides is 1. The normalized spacial score (nSPS) is 11.4. The van der Waals surface area contributed by atoms with Gasteiger partial charge >= 0.3 is 5.69 Å². The Kier molecular flexibility index (Phi) is 4.06. The largest absolute Gasteiger partial charge is 0.330 e. The molecule has 0 radical (unpaired) electrons. The third-order valence-corrected chi connectivity index (χ3v) is 4.86. The van der Waals surface area contributed by atoms with Gasteiger partial charge in [0.05, 0.1) is 5.69 Å². The van der Waals surface area contributed by atoms with Gasteiger partial charge in [-0.05, 0) is 28.1 Å². The maximum absolute atomic E-state index is 12.3. The molecule has 1 N–H and O–H groups in total. The minimum Gasteiger partial charge on any atom is -0.302 e. The van der Waals surface area contributed by atoms with Crippen molar-refractivity contribution in [2.45, 2.75) is 4.90 Å². The van der Waals surface area contributed by atoms with Crippen LogP contribution in [0.15, 0.2) is 49.4 Å². The van der Waals surface area contributed by atoms with Gasteiger partial charge in [0.15, 0.2) is 4.90 Å². The van der Waals surface area contributed by atoms with Crippen molar-refractivity contribution < 1.29 is 8.42 Å². The third-order valence-electron chi connectivity index (χ3n) is 2.82. The van der Waals surface area contributed by atoms with E-state index in [2.05, 4.69) is 20.7 Å². The van der Waals surface area contributed by atoms with Crippen molar-refractivity contribution >= 4 is 31.6 Å². The molecule has 0 unspecified atom stereocenters. The van der Waals surface area contributed by atoms with Crippen LogP contribution in [-0.2, 0) is 24.1 Å². The smallest absolute Gasteiger partial charge is 0.302 e. The van der Waals surface area contributed by atoms with E-state index in [0.29, 0.717) is 10.2 Å². The summed E-state index contributed by atoms with van der Waals surface area (Å²) in [6, 6.07) is 6.60. The first-order chi connectivity index (χ1) is 9.74. The summed E-state index contributed by atoms with van der Waals surface area (Å²) in [5, 5.41) is 0. The van der Waals surface area contributed by atoms with E-state index in [0.717, 1.165) is 15.3 Å². The fourth-order valence-corrected chi connectivity index (χ4v) is 3.46. The van der Waals surface area contributed by atoms with E-state index in [4.69, 9.17) is 0 Å². The van der Waals surface area contributed by atoms with E-state index >= 15 is 0 Å². The Morgan fingerprint density at radius 3 is 2.38 bits per heavy atom. The van der Waals surface area contributed by atoms with Crippen molar-refractivity contribution in [3.8, 4) is 0 Å². The Morgan fingerprint density at radius 1 is 1.14 bits per heavy atom. The molecule has 0 aliphatic heterocycles. The van der Waals surface area contributed by atoms with Crippen LogP contribution in [0.2, 0.25) is 0 Å². The number of nitrogens with zero attached hydrogens (tertiary/aromatic N) is 2. The minimum atomic E-state index is -4.10. The van der Waals surface area contributed by atoms with Crippen LogP contribution < -0.4 is 16.0 Å². The molecule has 2 rings (SSSR count). The number of rotatable bonds is 3. The van der Waals surface area contributed by atoms with E-state index < -0.39 is 26.2 Å². The molecule has 0 amide bonds. The van der Waals surface area contributed by atoms with Crippen molar-refractivity contribution in [1.82, 2.24) is 9.13 Å². The molecule has 1 aromatic carbocycles. The molecule has 0 fully saturated rings. The van der Waals surface area contributed by atoms with Crippen molar-refractivity contribution in [3.63, 3.8) is 0 Å². The van der Waals surface area contributed by atoms with Gasteiger partial charge in [-0.15, -0.1) is 0 Å². The van der Waals surface area contributed by atoms with Gasteiger partial charge in [-0.3, -0.25) is 14.1 Å². The summed E-state index contributed by atoms with van der Waals surface area (Å²) in [6.07, 6.45) is 1.00. The van der Waals surface area contributed by atoms with Crippen LogP contribution in [0, 0.1) is 0 Å². The third kappa shape index (κ3) is 2.93. The molecule has 0 atom stereocenters. The summed E-state index contributed by atoms with van der Waals surface area (Å²) in [4.78, 5) is 23.1. The number of aromatic nitrogens is 2. The maximum atomic E-state index is 12.3. The van der Waals surface area contributed by atoms with Gasteiger partial charge in [-0.1, -0.05) is 12.1 Å². The van der Waals surface area contributed by atoms with E-state index in [1.807, 2.05) is 0 Å². The van der Waals surface area contributed by atoms with Crippen LogP contribution in [-0.4, -0.2) is 17.6 Å². The number of hydrogen-bond acceptors (Lipinski definition) is 4. The van der Waals surface area contributed by atoms with Gasteiger partial charge < -0.3 is 4.57 Å². The number of para-hydroxylation sites is 1. The maximum Gasteiger partial charge on any atom is 0.330 e. The standard InChI is InChI=1S/C12H12BrN3O4S/c1-15-7-10(11(17)16(2)12(15)18)21(19,20)14-9-6-4-3-5-8(9)13/h3-7,14H,1-2H3. The molecule has 0 saturated carbocycles.